The molecule has 0 spiro atoms. The molecule has 0 N–H and O–H groups in total. The van der Waals surface area contributed by atoms with Crippen LogP contribution >= 0.6 is 11.3 Å². The third kappa shape index (κ3) is 3.57. The van der Waals surface area contributed by atoms with Gasteiger partial charge in [-0.2, -0.15) is 0 Å². The molecule has 0 aliphatic carbocycles. The summed E-state index contributed by atoms with van der Waals surface area (Å²) in [5.74, 6) is -0.812. The number of rotatable bonds is 5. The maximum absolute atomic E-state index is 14.1. The number of halogens is 1. The van der Waals surface area contributed by atoms with Gasteiger partial charge in [0.1, 0.15) is 17.1 Å². The number of amides is 1. The van der Waals surface area contributed by atoms with E-state index >= 15 is 0 Å². The van der Waals surface area contributed by atoms with Crippen LogP contribution < -0.4 is 16.1 Å². The summed E-state index contributed by atoms with van der Waals surface area (Å²) in [7, 11) is 1.63. The highest BCUT2D eigenvalue weighted by atomic mass is 32.1. The predicted molar refractivity (Wildman–Crippen MR) is 116 cm³/mol. The fourth-order valence-electron chi connectivity index (χ4n) is 3.26. The number of hydrogen-bond donors (Lipinski definition) is 0. The fraction of sp³-hybridized carbons (Fsp3) is 0.136. The second-order valence-electron chi connectivity index (χ2n) is 6.77. The van der Waals surface area contributed by atoms with Gasteiger partial charge in [0.15, 0.2) is 0 Å². The largest absolute Gasteiger partial charge is 0.332 e. The Bertz CT molecular complexity index is 1340. The van der Waals surface area contributed by atoms with Crippen molar-refractivity contribution in [3.8, 4) is 0 Å². The Labute approximate surface area is 175 Å². The molecule has 2 heterocycles. The van der Waals surface area contributed by atoms with Crippen molar-refractivity contribution in [1.29, 1.82) is 0 Å². The molecule has 0 aliphatic rings. The summed E-state index contributed by atoms with van der Waals surface area (Å²) in [4.78, 5) is 40.3. The van der Waals surface area contributed by atoms with Crippen molar-refractivity contribution >= 4 is 33.1 Å². The number of para-hydroxylation sites is 1. The van der Waals surface area contributed by atoms with E-state index in [2.05, 4.69) is 0 Å². The molecular formula is C22H18FN3O3S. The van der Waals surface area contributed by atoms with E-state index in [4.69, 9.17) is 0 Å². The van der Waals surface area contributed by atoms with Crippen molar-refractivity contribution in [2.75, 3.05) is 11.9 Å². The van der Waals surface area contributed by atoms with Crippen LogP contribution in [-0.2, 0) is 17.9 Å². The zero-order chi connectivity index (χ0) is 21.3. The molecule has 0 saturated carbocycles. The second kappa shape index (κ2) is 8.08. The molecule has 0 unspecified atom stereocenters. The first-order valence-corrected chi connectivity index (χ1v) is 10.1. The van der Waals surface area contributed by atoms with Gasteiger partial charge < -0.3 is 4.90 Å². The molecule has 2 aromatic carbocycles. The van der Waals surface area contributed by atoms with E-state index < -0.39 is 17.1 Å². The molecule has 0 bridgehead atoms. The highest BCUT2D eigenvalue weighted by Crippen LogP contribution is 2.17. The van der Waals surface area contributed by atoms with E-state index in [1.54, 1.807) is 42.8 Å². The molecule has 30 heavy (non-hydrogen) atoms. The predicted octanol–water partition coefficient (Wildman–Crippen LogP) is 3.08. The lowest BCUT2D eigenvalue weighted by molar-refractivity contribution is -0.118. The molecule has 0 radical (unpaired) electrons. The summed E-state index contributed by atoms with van der Waals surface area (Å²) in [6, 6.07) is 16.7. The standard InChI is InChI=1S/C22H18FN3O3S/c1-24(16-8-3-2-4-9-16)19(27)14-25-18-11-12-30-20(18)21(28)26(22(25)29)13-15-7-5-6-10-17(15)23/h2-12H,13-14H2,1H3. The monoisotopic (exact) mass is 423 g/mol. The summed E-state index contributed by atoms with van der Waals surface area (Å²) < 4.78 is 16.7. The van der Waals surface area contributed by atoms with Gasteiger partial charge in [-0.25, -0.2) is 9.18 Å². The minimum Gasteiger partial charge on any atom is -0.314 e. The summed E-state index contributed by atoms with van der Waals surface area (Å²) >= 11 is 1.19. The Hall–Kier alpha value is -3.52. The van der Waals surface area contributed by atoms with Crippen LogP contribution in [-0.4, -0.2) is 22.1 Å². The molecule has 2 aromatic heterocycles. The molecule has 1 amide bonds. The van der Waals surface area contributed by atoms with Crippen LogP contribution in [0.3, 0.4) is 0 Å². The van der Waals surface area contributed by atoms with E-state index in [1.807, 2.05) is 18.2 Å². The Morgan fingerprint density at radius 3 is 2.43 bits per heavy atom. The quantitative estimate of drug-likeness (QED) is 0.496. The zero-order valence-electron chi connectivity index (χ0n) is 16.1. The number of thiophene rings is 1. The molecule has 0 saturated heterocycles. The maximum atomic E-state index is 14.1. The van der Waals surface area contributed by atoms with Crippen molar-refractivity contribution < 1.29 is 9.18 Å². The van der Waals surface area contributed by atoms with Crippen molar-refractivity contribution in [3.05, 3.63) is 98.3 Å². The van der Waals surface area contributed by atoms with E-state index in [1.165, 1.54) is 32.9 Å². The van der Waals surface area contributed by atoms with Crippen LogP contribution in [0.2, 0.25) is 0 Å². The molecule has 0 fully saturated rings. The van der Waals surface area contributed by atoms with Gasteiger partial charge in [-0.1, -0.05) is 36.4 Å². The number of carbonyl (C=O) groups excluding carboxylic acids is 1. The lowest BCUT2D eigenvalue weighted by atomic mass is 10.2. The number of nitrogens with zero attached hydrogens (tertiary/aromatic N) is 3. The van der Waals surface area contributed by atoms with Crippen LogP contribution in [0.25, 0.3) is 10.2 Å². The SMILES string of the molecule is CN(C(=O)Cn1c(=O)n(Cc2ccccc2F)c(=O)c2sccc21)c1ccccc1. The van der Waals surface area contributed by atoms with Gasteiger partial charge in [-0.05, 0) is 29.6 Å². The first-order valence-electron chi connectivity index (χ1n) is 9.23. The minimum absolute atomic E-state index is 0.207. The molecule has 4 aromatic rings. The number of aromatic nitrogens is 2. The first-order chi connectivity index (χ1) is 14.5. The molecule has 152 valence electrons. The van der Waals surface area contributed by atoms with Gasteiger partial charge in [0.2, 0.25) is 5.91 Å². The van der Waals surface area contributed by atoms with E-state index in [0.29, 0.717) is 15.9 Å². The van der Waals surface area contributed by atoms with Crippen LogP contribution in [0.5, 0.6) is 0 Å². The highest BCUT2D eigenvalue weighted by molar-refractivity contribution is 7.17. The van der Waals surface area contributed by atoms with Crippen molar-refractivity contribution in [2.45, 2.75) is 13.1 Å². The molecule has 8 heteroatoms. The average Bonchev–Trinajstić information content (AvgIpc) is 3.25. The van der Waals surface area contributed by atoms with Crippen molar-refractivity contribution in [3.63, 3.8) is 0 Å². The molecule has 6 nitrogen and oxygen atoms in total. The average molecular weight is 423 g/mol. The van der Waals surface area contributed by atoms with Crippen LogP contribution in [0, 0.1) is 5.82 Å². The Morgan fingerprint density at radius 2 is 1.70 bits per heavy atom. The Balaban J connectivity index is 1.77. The van der Waals surface area contributed by atoms with Crippen LogP contribution in [0.1, 0.15) is 5.56 Å². The second-order valence-corrected chi connectivity index (χ2v) is 7.69. The van der Waals surface area contributed by atoms with Gasteiger partial charge in [-0.3, -0.25) is 18.7 Å². The van der Waals surface area contributed by atoms with Gasteiger partial charge in [0.05, 0.1) is 12.1 Å². The van der Waals surface area contributed by atoms with Crippen LogP contribution in [0.15, 0.2) is 75.6 Å². The molecule has 0 aliphatic heterocycles. The van der Waals surface area contributed by atoms with Gasteiger partial charge in [0, 0.05) is 18.3 Å². The van der Waals surface area contributed by atoms with E-state index in [-0.39, 0.29) is 24.6 Å². The molecule has 0 atom stereocenters. The van der Waals surface area contributed by atoms with E-state index in [9.17, 15) is 18.8 Å². The summed E-state index contributed by atoms with van der Waals surface area (Å²) in [6.45, 7) is -0.449. The van der Waals surface area contributed by atoms with Crippen LogP contribution in [0.4, 0.5) is 10.1 Å². The number of carbonyl (C=O) groups is 1. The lowest BCUT2D eigenvalue weighted by Crippen LogP contribution is -2.42. The smallest absolute Gasteiger partial charge is 0.314 e. The highest BCUT2D eigenvalue weighted by Gasteiger charge is 2.19. The number of fused-ring (bicyclic) bond motifs is 1. The number of hydrogen-bond acceptors (Lipinski definition) is 4. The summed E-state index contributed by atoms with van der Waals surface area (Å²) in [6.07, 6.45) is 0. The van der Waals surface area contributed by atoms with Crippen molar-refractivity contribution in [2.24, 2.45) is 0 Å². The van der Waals surface area contributed by atoms with Gasteiger partial charge in [-0.15, -0.1) is 11.3 Å². The number of likely N-dealkylation sites (N-methyl/N-ethyl adjacent to an activating group) is 1. The molecule has 4 rings (SSSR count). The summed E-state index contributed by atoms with van der Waals surface area (Å²) in [5.41, 5.74) is 0.176. The lowest BCUT2D eigenvalue weighted by Gasteiger charge is -2.19. The zero-order valence-corrected chi connectivity index (χ0v) is 16.9. The number of benzene rings is 2. The molecular weight excluding hydrogens is 405 g/mol. The first kappa shape index (κ1) is 19.8. The Morgan fingerprint density at radius 1 is 1.00 bits per heavy atom. The van der Waals surface area contributed by atoms with Gasteiger partial charge >= 0.3 is 5.69 Å². The third-order valence-electron chi connectivity index (χ3n) is 4.93. The van der Waals surface area contributed by atoms with E-state index in [0.717, 1.165) is 4.57 Å². The number of anilines is 1. The normalized spacial score (nSPS) is 11.0. The van der Waals surface area contributed by atoms with Crippen molar-refractivity contribution in [1.82, 2.24) is 9.13 Å². The maximum Gasteiger partial charge on any atom is 0.332 e. The minimum atomic E-state index is -0.649. The summed E-state index contributed by atoms with van der Waals surface area (Å²) in [5, 5.41) is 1.70. The third-order valence-corrected chi connectivity index (χ3v) is 5.83. The van der Waals surface area contributed by atoms with Gasteiger partial charge in [0.25, 0.3) is 5.56 Å². The Kier molecular flexibility index (Phi) is 5.33. The topological polar surface area (TPSA) is 64.3 Å². The fourth-order valence-corrected chi connectivity index (χ4v) is 4.10.